The van der Waals surface area contributed by atoms with Gasteiger partial charge in [0, 0.05) is 19.8 Å². The molecule has 0 aliphatic carbocycles. The third kappa shape index (κ3) is 3.72. The van der Waals surface area contributed by atoms with Gasteiger partial charge >= 0.3 is 11.7 Å². The molecule has 0 fully saturated rings. The van der Waals surface area contributed by atoms with E-state index in [1.54, 1.807) is 10.6 Å². The number of hydrogen-bond acceptors (Lipinski definition) is 3. The van der Waals surface area contributed by atoms with Crippen molar-refractivity contribution < 1.29 is 14.6 Å². The van der Waals surface area contributed by atoms with Crippen LogP contribution in [0.1, 0.15) is 30.6 Å². The van der Waals surface area contributed by atoms with E-state index in [9.17, 15) is 9.59 Å². The van der Waals surface area contributed by atoms with Gasteiger partial charge in [-0.2, -0.15) is 0 Å². The molecule has 0 saturated carbocycles. The Morgan fingerprint density at radius 2 is 2.19 bits per heavy atom. The Labute approximate surface area is 122 Å². The lowest BCUT2D eigenvalue weighted by molar-refractivity contribution is 0.0697. The van der Waals surface area contributed by atoms with Gasteiger partial charge in [0.05, 0.1) is 16.6 Å². The second kappa shape index (κ2) is 6.58. The molecule has 0 amide bonds. The van der Waals surface area contributed by atoms with Crippen molar-refractivity contribution in [1.82, 2.24) is 9.55 Å². The molecule has 0 saturated heterocycles. The molecule has 1 aromatic carbocycles. The molecule has 2 aromatic rings. The van der Waals surface area contributed by atoms with Crippen LogP contribution in [0, 0.1) is 5.92 Å². The van der Waals surface area contributed by atoms with Crippen LogP contribution in [0.3, 0.4) is 0 Å². The van der Waals surface area contributed by atoms with E-state index in [0.717, 1.165) is 0 Å². The van der Waals surface area contributed by atoms with Crippen molar-refractivity contribution in [3.05, 3.63) is 34.2 Å². The van der Waals surface area contributed by atoms with Crippen LogP contribution in [0.15, 0.2) is 23.0 Å². The van der Waals surface area contributed by atoms with E-state index in [-0.39, 0.29) is 11.3 Å². The molecule has 0 aliphatic rings. The second-order valence-electron chi connectivity index (χ2n) is 5.44. The first-order valence-electron chi connectivity index (χ1n) is 7.02. The summed E-state index contributed by atoms with van der Waals surface area (Å²) in [5, 5.41) is 9.02. The lowest BCUT2D eigenvalue weighted by Gasteiger charge is -2.07. The predicted molar refractivity (Wildman–Crippen MR) is 79.8 cm³/mol. The van der Waals surface area contributed by atoms with Gasteiger partial charge in [-0.3, -0.25) is 4.57 Å². The van der Waals surface area contributed by atoms with Crippen molar-refractivity contribution in [2.24, 2.45) is 5.92 Å². The smallest absolute Gasteiger partial charge is 0.335 e. The zero-order valence-electron chi connectivity index (χ0n) is 12.3. The fourth-order valence-electron chi connectivity index (χ4n) is 2.15. The van der Waals surface area contributed by atoms with Gasteiger partial charge < -0.3 is 14.8 Å². The summed E-state index contributed by atoms with van der Waals surface area (Å²) in [5.41, 5.74) is 1.21. The number of imidazole rings is 1. The maximum atomic E-state index is 11.9. The average molecular weight is 292 g/mol. The van der Waals surface area contributed by atoms with Crippen molar-refractivity contribution in [3.63, 3.8) is 0 Å². The molecule has 0 spiro atoms. The molecule has 21 heavy (non-hydrogen) atoms. The second-order valence-corrected chi connectivity index (χ2v) is 5.44. The molecule has 0 aliphatic heterocycles. The van der Waals surface area contributed by atoms with Crippen LogP contribution in [0.25, 0.3) is 11.0 Å². The van der Waals surface area contributed by atoms with E-state index >= 15 is 0 Å². The minimum Gasteiger partial charge on any atom is -0.478 e. The number of H-pyrrole nitrogens is 1. The van der Waals surface area contributed by atoms with Crippen LogP contribution in [0.5, 0.6) is 0 Å². The number of aromatic amines is 1. The van der Waals surface area contributed by atoms with E-state index in [0.29, 0.717) is 43.1 Å². The number of nitrogens with one attached hydrogen (secondary N) is 1. The number of carboxylic acid groups (broad SMARTS) is 1. The number of carbonyl (C=O) groups is 1. The number of fused-ring (bicyclic) bond motifs is 1. The fraction of sp³-hybridized carbons (Fsp3) is 0.467. The molecule has 2 N–H and O–H groups in total. The molecule has 0 bridgehead atoms. The fourth-order valence-corrected chi connectivity index (χ4v) is 2.15. The van der Waals surface area contributed by atoms with Gasteiger partial charge in [-0.25, -0.2) is 9.59 Å². The number of aromatic nitrogens is 2. The minimum atomic E-state index is -1.00. The van der Waals surface area contributed by atoms with Crippen molar-refractivity contribution in [1.29, 1.82) is 0 Å². The highest BCUT2D eigenvalue weighted by Gasteiger charge is 2.10. The third-order valence-electron chi connectivity index (χ3n) is 3.14. The molecule has 114 valence electrons. The summed E-state index contributed by atoms with van der Waals surface area (Å²) in [6.07, 6.45) is 0.705. The standard InChI is InChI=1S/C15H20N2O4/c1-10(2)9-21-7-3-6-17-13-8-11(14(18)19)4-5-12(13)16-15(17)20/h4-5,8,10H,3,6-7,9H2,1-2H3,(H,16,20)(H,18,19). The minimum absolute atomic E-state index is 0.173. The van der Waals surface area contributed by atoms with Crippen LogP contribution in [-0.4, -0.2) is 33.8 Å². The van der Waals surface area contributed by atoms with Crippen LogP contribution < -0.4 is 5.69 Å². The quantitative estimate of drug-likeness (QED) is 0.765. The monoisotopic (exact) mass is 292 g/mol. The van der Waals surface area contributed by atoms with E-state index in [4.69, 9.17) is 9.84 Å². The van der Waals surface area contributed by atoms with Crippen LogP contribution >= 0.6 is 0 Å². The molecule has 2 rings (SSSR count). The highest BCUT2D eigenvalue weighted by molar-refractivity contribution is 5.92. The Morgan fingerprint density at radius 3 is 2.86 bits per heavy atom. The average Bonchev–Trinajstić information content (AvgIpc) is 2.73. The van der Waals surface area contributed by atoms with Gasteiger partial charge in [0.2, 0.25) is 0 Å². The summed E-state index contributed by atoms with van der Waals surface area (Å²) in [6, 6.07) is 4.62. The lowest BCUT2D eigenvalue weighted by Crippen LogP contribution is -2.18. The van der Waals surface area contributed by atoms with Gasteiger partial charge in [-0.05, 0) is 30.5 Å². The van der Waals surface area contributed by atoms with Crippen LogP contribution in [0.4, 0.5) is 0 Å². The highest BCUT2D eigenvalue weighted by atomic mass is 16.5. The van der Waals surface area contributed by atoms with Crippen molar-refractivity contribution in [2.75, 3.05) is 13.2 Å². The Bertz CT molecular complexity index is 685. The maximum Gasteiger partial charge on any atom is 0.335 e. The lowest BCUT2D eigenvalue weighted by atomic mass is 10.2. The number of rotatable bonds is 7. The summed E-state index contributed by atoms with van der Waals surface area (Å²) in [5.74, 6) is -0.517. The van der Waals surface area contributed by atoms with E-state index in [1.807, 2.05) is 0 Å². The summed E-state index contributed by atoms with van der Waals surface area (Å²) >= 11 is 0. The number of carboxylic acids is 1. The summed E-state index contributed by atoms with van der Waals surface area (Å²) in [6.45, 7) is 5.94. The molecule has 0 unspecified atom stereocenters. The van der Waals surface area contributed by atoms with E-state index in [1.165, 1.54) is 12.1 Å². The van der Waals surface area contributed by atoms with E-state index in [2.05, 4.69) is 18.8 Å². The Hall–Kier alpha value is -2.08. The van der Waals surface area contributed by atoms with Gasteiger partial charge in [0.1, 0.15) is 0 Å². The summed E-state index contributed by atoms with van der Waals surface area (Å²) < 4.78 is 7.04. The van der Waals surface area contributed by atoms with Gasteiger partial charge in [0.25, 0.3) is 0 Å². The van der Waals surface area contributed by atoms with E-state index < -0.39 is 5.97 Å². The molecule has 6 nitrogen and oxygen atoms in total. The number of nitrogens with zero attached hydrogens (tertiary/aromatic N) is 1. The number of hydrogen-bond donors (Lipinski definition) is 2. The van der Waals surface area contributed by atoms with Crippen molar-refractivity contribution >= 4 is 17.0 Å². The normalized spacial score (nSPS) is 11.4. The zero-order chi connectivity index (χ0) is 15.4. The molecule has 1 aromatic heterocycles. The zero-order valence-corrected chi connectivity index (χ0v) is 12.3. The van der Waals surface area contributed by atoms with Crippen molar-refractivity contribution in [3.8, 4) is 0 Å². The maximum absolute atomic E-state index is 11.9. The first kappa shape index (κ1) is 15.3. The Balaban J connectivity index is 2.11. The van der Waals surface area contributed by atoms with Gasteiger partial charge in [-0.1, -0.05) is 13.8 Å². The third-order valence-corrected chi connectivity index (χ3v) is 3.14. The Morgan fingerprint density at radius 1 is 1.43 bits per heavy atom. The molecule has 1 heterocycles. The van der Waals surface area contributed by atoms with Crippen molar-refractivity contribution in [2.45, 2.75) is 26.8 Å². The van der Waals surface area contributed by atoms with Crippen LogP contribution in [0.2, 0.25) is 0 Å². The molecular weight excluding hydrogens is 272 g/mol. The molecule has 0 radical (unpaired) electrons. The predicted octanol–water partition coefficient (Wildman–Crippen LogP) is 2.09. The SMILES string of the molecule is CC(C)COCCCn1c(=O)[nH]c2ccc(C(=O)O)cc21. The first-order chi connectivity index (χ1) is 9.99. The molecule has 6 heteroatoms. The summed E-state index contributed by atoms with van der Waals surface area (Å²) in [7, 11) is 0. The topological polar surface area (TPSA) is 84.3 Å². The first-order valence-corrected chi connectivity index (χ1v) is 7.02. The molecular formula is C15H20N2O4. The summed E-state index contributed by atoms with van der Waals surface area (Å²) in [4.78, 5) is 25.6. The number of aryl methyl sites for hydroxylation is 1. The van der Waals surface area contributed by atoms with Gasteiger partial charge in [0.15, 0.2) is 0 Å². The molecule has 0 atom stereocenters. The highest BCUT2D eigenvalue weighted by Crippen LogP contribution is 2.13. The number of aromatic carboxylic acids is 1. The van der Waals surface area contributed by atoms with Crippen LogP contribution in [-0.2, 0) is 11.3 Å². The number of ether oxygens (including phenoxy) is 1. The largest absolute Gasteiger partial charge is 0.478 e. The van der Waals surface area contributed by atoms with Gasteiger partial charge in [-0.15, -0.1) is 0 Å². The number of benzene rings is 1. The Kier molecular flexibility index (Phi) is 4.80.